The molecule has 1 aliphatic rings. The van der Waals surface area contributed by atoms with Crippen molar-refractivity contribution in [3.63, 3.8) is 0 Å². The summed E-state index contributed by atoms with van der Waals surface area (Å²) in [4.78, 5) is 18.8. The monoisotopic (exact) mass is 414 g/mol. The van der Waals surface area contributed by atoms with Gasteiger partial charge in [0.05, 0.1) is 18.6 Å². The van der Waals surface area contributed by atoms with Gasteiger partial charge in [0.2, 0.25) is 0 Å². The highest BCUT2D eigenvalue weighted by atomic mass is 32.2. The first-order valence-electron chi connectivity index (χ1n) is 8.42. The van der Waals surface area contributed by atoms with Gasteiger partial charge in [0, 0.05) is 0 Å². The van der Waals surface area contributed by atoms with E-state index in [9.17, 15) is 13.6 Å². The Hall–Kier alpha value is -3.31. The van der Waals surface area contributed by atoms with Crippen molar-refractivity contribution < 1.29 is 23.0 Å². The molecule has 0 saturated heterocycles. The second-order valence-corrected chi connectivity index (χ2v) is 6.65. The standard InChI is InChI=1S/C21H16F2N2O3S/c1-3-12-29-21-24-18(13-14-4-8-16(27-2)9-5-14)19(26)25(21)15-6-10-17(11-7-15)28-20(22)23/h1,4-11,13,20H,12H2,2H3. The number of halogens is 2. The van der Waals surface area contributed by atoms with Crippen LogP contribution >= 0.6 is 11.8 Å². The Morgan fingerprint density at radius 1 is 1.17 bits per heavy atom. The Balaban J connectivity index is 1.90. The van der Waals surface area contributed by atoms with E-state index in [2.05, 4.69) is 15.6 Å². The number of aliphatic imine (C=N–C) groups is 1. The minimum atomic E-state index is -2.92. The van der Waals surface area contributed by atoms with Gasteiger partial charge in [-0.1, -0.05) is 29.8 Å². The van der Waals surface area contributed by atoms with Gasteiger partial charge in [-0.05, 0) is 48.0 Å². The van der Waals surface area contributed by atoms with Crippen molar-refractivity contribution in [1.82, 2.24) is 0 Å². The molecule has 1 heterocycles. The van der Waals surface area contributed by atoms with Gasteiger partial charge < -0.3 is 9.47 Å². The third-order valence-corrected chi connectivity index (χ3v) is 4.70. The van der Waals surface area contributed by atoms with E-state index < -0.39 is 6.61 Å². The van der Waals surface area contributed by atoms with Crippen LogP contribution in [-0.4, -0.2) is 30.5 Å². The van der Waals surface area contributed by atoms with Crippen molar-refractivity contribution in [3.05, 3.63) is 59.8 Å². The molecule has 0 radical (unpaired) electrons. The molecule has 148 valence electrons. The summed E-state index contributed by atoms with van der Waals surface area (Å²) in [6.45, 7) is -2.92. The number of amidine groups is 1. The van der Waals surface area contributed by atoms with Crippen molar-refractivity contribution in [2.24, 2.45) is 4.99 Å². The molecule has 0 aliphatic carbocycles. The van der Waals surface area contributed by atoms with Crippen molar-refractivity contribution in [2.75, 3.05) is 17.8 Å². The molecule has 0 fully saturated rings. The zero-order valence-corrected chi connectivity index (χ0v) is 16.2. The number of ether oxygens (including phenoxy) is 2. The molecule has 2 aromatic rings. The summed E-state index contributed by atoms with van der Waals surface area (Å²) in [5.41, 5.74) is 1.49. The average Bonchev–Trinajstić information content (AvgIpc) is 3.02. The van der Waals surface area contributed by atoms with Crippen molar-refractivity contribution in [2.45, 2.75) is 6.61 Å². The molecular formula is C21H16F2N2O3S. The number of nitrogens with zero attached hydrogens (tertiary/aromatic N) is 2. The lowest BCUT2D eigenvalue weighted by Crippen LogP contribution is -2.30. The quantitative estimate of drug-likeness (QED) is 0.519. The Morgan fingerprint density at radius 2 is 1.83 bits per heavy atom. The first kappa shape index (κ1) is 20.4. The van der Waals surface area contributed by atoms with Crippen LogP contribution in [0, 0.1) is 12.3 Å². The molecule has 0 atom stereocenters. The largest absolute Gasteiger partial charge is 0.497 e. The highest BCUT2D eigenvalue weighted by molar-refractivity contribution is 8.14. The molecule has 0 aromatic heterocycles. The topological polar surface area (TPSA) is 51.1 Å². The fourth-order valence-electron chi connectivity index (χ4n) is 2.56. The van der Waals surface area contributed by atoms with Gasteiger partial charge in [0.25, 0.3) is 5.91 Å². The van der Waals surface area contributed by atoms with Gasteiger partial charge in [0.15, 0.2) is 5.17 Å². The Morgan fingerprint density at radius 3 is 2.41 bits per heavy atom. The summed E-state index contributed by atoms with van der Waals surface area (Å²) in [7, 11) is 1.57. The number of alkyl halides is 2. The number of thioether (sulfide) groups is 1. The van der Waals surface area contributed by atoms with Crippen LogP contribution in [0.25, 0.3) is 6.08 Å². The lowest BCUT2D eigenvalue weighted by atomic mass is 10.2. The number of hydrogen-bond acceptors (Lipinski definition) is 5. The van der Waals surface area contributed by atoms with Crippen molar-refractivity contribution >= 4 is 34.6 Å². The summed E-state index contributed by atoms with van der Waals surface area (Å²) < 4.78 is 34.2. The number of carbonyl (C=O) groups is 1. The van der Waals surface area contributed by atoms with E-state index in [1.807, 2.05) is 12.1 Å². The number of rotatable bonds is 6. The molecule has 29 heavy (non-hydrogen) atoms. The zero-order chi connectivity index (χ0) is 20.8. The minimum absolute atomic E-state index is 0.000777. The van der Waals surface area contributed by atoms with Crippen LogP contribution in [0.2, 0.25) is 0 Å². The van der Waals surface area contributed by atoms with Gasteiger partial charge in [-0.2, -0.15) is 8.78 Å². The first-order valence-corrected chi connectivity index (χ1v) is 9.40. The lowest BCUT2D eigenvalue weighted by Gasteiger charge is -2.17. The highest BCUT2D eigenvalue weighted by Crippen LogP contribution is 2.31. The second kappa shape index (κ2) is 9.26. The summed E-state index contributed by atoms with van der Waals surface area (Å²) in [6.07, 6.45) is 6.99. The number of amides is 1. The maximum atomic E-state index is 13.0. The van der Waals surface area contributed by atoms with E-state index in [0.717, 1.165) is 5.56 Å². The highest BCUT2D eigenvalue weighted by Gasteiger charge is 2.31. The van der Waals surface area contributed by atoms with Crippen LogP contribution in [0.1, 0.15) is 5.56 Å². The van der Waals surface area contributed by atoms with E-state index in [-0.39, 0.29) is 17.4 Å². The van der Waals surface area contributed by atoms with E-state index in [1.165, 1.54) is 40.9 Å². The zero-order valence-electron chi connectivity index (χ0n) is 15.3. The van der Waals surface area contributed by atoms with Gasteiger partial charge in [-0.3, -0.25) is 9.69 Å². The van der Waals surface area contributed by atoms with Gasteiger partial charge >= 0.3 is 6.61 Å². The molecule has 1 aliphatic heterocycles. The summed E-state index contributed by atoms with van der Waals surface area (Å²) >= 11 is 1.23. The average molecular weight is 414 g/mol. The molecule has 0 saturated carbocycles. The minimum Gasteiger partial charge on any atom is -0.497 e. The normalized spacial score (nSPS) is 14.9. The fraction of sp³-hybridized carbons (Fsp3) is 0.143. The molecule has 0 bridgehead atoms. The van der Waals surface area contributed by atoms with Gasteiger partial charge in [0.1, 0.15) is 17.2 Å². The molecule has 2 aromatic carbocycles. The molecule has 5 nitrogen and oxygen atoms in total. The number of carbonyl (C=O) groups excluding carboxylic acids is 1. The molecule has 1 amide bonds. The Labute approximate surface area is 171 Å². The van der Waals surface area contributed by atoms with Crippen LogP contribution in [-0.2, 0) is 4.79 Å². The van der Waals surface area contributed by atoms with Crippen LogP contribution in [0.4, 0.5) is 14.5 Å². The predicted octanol–water partition coefficient (Wildman–Crippen LogP) is 4.41. The van der Waals surface area contributed by atoms with Gasteiger partial charge in [-0.15, -0.1) is 6.42 Å². The number of anilines is 1. The van der Waals surface area contributed by atoms with Crippen molar-refractivity contribution in [1.29, 1.82) is 0 Å². The molecule has 0 unspecified atom stereocenters. The van der Waals surface area contributed by atoms with Crippen molar-refractivity contribution in [3.8, 4) is 23.8 Å². The number of benzene rings is 2. The van der Waals surface area contributed by atoms with Gasteiger partial charge in [-0.25, -0.2) is 4.99 Å². The molecule has 3 rings (SSSR count). The summed E-state index contributed by atoms with van der Waals surface area (Å²) in [5, 5.41) is 0.412. The molecule has 0 spiro atoms. The van der Waals surface area contributed by atoms with E-state index in [1.54, 1.807) is 25.3 Å². The number of hydrogen-bond donors (Lipinski definition) is 0. The first-order chi connectivity index (χ1) is 14.0. The maximum Gasteiger partial charge on any atom is 0.387 e. The summed E-state index contributed by atoms with van der Waals surface area (Å²) in [6, 6.07) is 12.9. The maximum absolute atomic E-state index is 13.0. The summed E-state index contributed by atoms with van der Waals surface area (Å²) in [5.74, 6) is 3.18. The van der Waals surface area contributed by atoms with Crippen LogP contribution in [0.15, 0.2) is 59.2 Å². The predicted molar refractivity (Wildman–Crippen MR) is 110 cm³/mol. The van der Waals surface area contributed by atoms with Crippen LogP contribution in [0.3, 0.4) is 0 Å². The number of methoxy groups -OCH3 is 1. The van der Waals surface area contributed by atoms with E-state index >= 15 is 0 Å². The smallest absolute Gasteiger partial charge is 0.387 e. The van der Waals surface area contributed by atoms with Crippen LogP contribution < -0.4 is 14.4 Å². The second-order valence-electron chi connectivity index (χ2n) is 5.70. The fourth-order valence-corrected chi connectivity index (χ4v) is 3.25. The third-order valence-electron chi connectivity index (χ3n) is 3.85. The molecule has 8 heteroatoms. The van der Waals surface area contributed by atoms with Crippen LogP contribution in [0.5, 0.6) is 11.5 Å². The Bertz CT molecular complexity index is 980. The van der Waals surface area contributed by atoms with E-state index in [4.69, 9.17) is 11.2 Å². The van der Waals surface area contributed by atoms with E-state index in [0.29, 0.717) is 22.4 Å². The number of terminal acetylenes is 1. The molecule has 0 N–H and O–H groups in total. The third kappa shape index (κ3) is 4.95. The lowest BCUT2D eigenvalue weighted by molar-refractivity contribution is -0.113. The Kier molecular flexibility index (Phi) is 6.52. The SMILES string of the molecule is C#CCSC1=NC(=Cc2ccc(OC)cc2)C(=O)N1c1ccc(OC(F)F)cc1. The molecular weight excluding hydrogens is 398 g/mol.